The molecule has 5 atom stereocenters. The number of ether oxygens (including phenoxy) is 4. The molecule has 0 aliphatic carbocycles. The third-order valence-corrected chi connectivity index (χ3v) is 22.3. The molecule has 134 heavy (non-hydrogen) atoms. The molecule has 9 heterocycles. The summed E-state index contributed by atoms with van der Waals surface area (Å²) in [6, 6.07) is 33.5. The van der Waals surface area contributed by atoms with Crippen molar-refractivity contribution in [2.24, 2.45) is 5.73 Å². The molecule has 32 nitrogen and oxygen atoms in total. The fourth-order valence-corrected chi connectivity index (χ4v) is 15.8. The fourth-order valence-electron chi connectivity index (χ4n) is 11.7. The normalized spacial score (nSPS) is 12.5. The molecule has 0 spiro atoms. The molecule has 0 radical (unpaired) electrons. The van der Waals surface area contributed by atoms with Gasteiger partial charge in [0.25, 0.3) is 12.2 Å². The van der Waals surface area contributed by atoms with E-state index in [9.17, 15) is 56.8 Å². The third-order valence-electron chi connectivity index (χ3n) is 18.0. The number of carbonyl (C=O) groups excluding carboxylic acids is 8. The van der Waals surface area contributed by atoms with Gasteiger partial charge in [0, 0.05) is 129 Å². The number of hydrogen-bond donors (Lipinski definition) is 8. The van der Waals surface area contributed by atoms with Crippen molar-refractivity contribution in [3.63, 3.8) is 0 Å². The van der Waals surface area contributed by atoms with Crippen molar-refractivity contribution < 1.29 is 125 Å². The summed E-state index contributed by atoms with van der Waals surface area (Å²) in [4.78, 5) is 110. The number of rotatable bonds is 19. The number of aliphatic hydroxyl groups excluding tert-OH is 2. The average molecular weight is 2000 g/mol. The number of amides is 7. The summed E-state index contributed by atoms with van der Waals surface area (Å²) >= 11 is 14.3. The predicted octanol–water partition coefficient (Wildman–Crippen LogP) is 14.7. The van der Waals surface area contributed by atoms with Crippen LogP contribution in [0.25, 0.3) is 0 Å². The number of hydrogen-bond acceptors (Lipinski definition) is 30. The Hall–Kier alpha value is -10.8. The minimum Gasteiger partial charge on any atom is -0.662 e. The molecule has 0 bridgehead atoms. The van der Waals surface area contributed by atoms with Crippen molar-refractivity contribution in [2.75, 3.05) is 69.1 Å². The first-order valence-electron chi connectivity index (χ1n) is 40.3. The van der Waals surface area contributed by atoms with Gasteiger partial charge in [0.2, 0.25) is 0 Å². The number of nitriles is 2. The van der Waals surface area contributed by atoms with Crippen molar-refractivity contribution in [3.8, 4) is 17.9 Å². The van der Waals surface area contributed by atoms with Gasteiger partial charge in [-0.15, -0.1) is 0 Å². The number of nitrogens with zero attached hydrogens (tertiary/aromatic N) is 8. The molecule has 3 aliphatic heterocycles. The molecule has 7 amide bonds. The van der Waals surface area contributed by atoms with Crippen molar-refractivity contribution in [1.29, 1.82) is 10.5 Å². The molecule has 6 aromatic heterocycles. The summed E-state index contributed by atoms with van der Waals surface area (Å²) in [5, 5.41) is 88.8. The molecule has 43 heteroatoms. The first-order valence-corrected chi connectivity index (χ1v) is 46.3. The molecule has 0 saturated carbocycles. The van der Waals surface area contributed by atoms with Gasteiger partial charge in [-0.1, -0.05) is 18.2 Å². The smallest absolute Gasteiger partial charge is 0.662 e. The van der Waals surface area contributed by atoms with Crippen LogP contribution in [0.15, 0.2) is 180 Å². The molecule has 5 unspecified atom stereocenters. The maximum atomic E-state index is 13.4. The zero-order valence-corrected chi connectivity index (χ0v) is 85.0. The molecule has 720 valence electrons. The zero-order chi connectivity index (χ0) is 99.6. The van der Waals surface area contributed by atoms with Gasteiger partial charge in [-0.3, -0.25) is 24.6 Å². The van der Waals surface area contributed by atoms with Crippen LogP contribution >= 0.6 is 79.6 Å². The Morgan fingerprint density at radius 1 is 0.545 bits per heavy atom. The Kier molecular flexibility index (Phi) is 55.8. The third kappa shape index (κ3) is 43.7. The zero-order valence-electron chi connectivity index (χ0n) is 77.3. The molecule has 4 aromatic carbocycles. The SMILES string of the molecule is CN(C(=O)OC(C)(C)C)C(C#N)c1ccsc1.CN(C(=O)OC(C)(C)C)C(CN)c1ccsc1.CN(C(=O)OC(C)(C)C)C(CNC(=O)N1Cc2ccc(F)cc2C1)c1ccsc1.CNC(C#N)c1ccsc1.CNC(CNC(=O)N1Cc2ccc(F)cc2C1)c1ccsc1.CO.CO.Fc1ccc2c(c1)CNC2.O=C(Cl)Oc1ccc([N+](=O)[O-])cc1.O=CO[O-].O=Cc1ccsc1.[Na+]. The van der Waals surface area contributed by atoms with Gasteiger partial charge >= 0.3 is 65.3 Å². The molecular weight excluding hydrogens is 1880 g/mol. The fraction of sp³-hybridized carbons (Fsp3) is 0.363. The van der Waals surface area contributed by atoms with E-state index < -0.39 is 45.4 Å². The van der Waals surface area contributed by atoms with E-state index >= 15 is 0 Å². The maximum absolute atomic E-state index is 13.4. The van der Waals surface area contributed by atoms with Crippen molar-refractivity contribution in [3.05, 3.63) is 274 Å². The van der Waals surface area contributed by atoms with Crippen LogP contribution in [-0.4, -0.2) is 174 Å². The summed E-state index contributed by atoms with van der Waals surface area (Å²) in [5.41, 5.74) is 14.8. The van der Waals surface area contributed by atoms with Crippen LogP contribution in [0, 0.1) is 50.2 Å². The number of aliphatic hydroxyl groups is 2. The van der Waals surface area contributed by atoms with E-state index in [-0.39, 0.29) is 114 Å². The van der Waals surface area contributed by atoms with E-state index in [1.54, 1.807) is 122 Å². The second kappa shape index (κ2) is 62.7. The first kappa shape index (κ1) is 119. The van der Waals surface area contributed by atoms with Gasteiger partial charge in [0.15, 0.2) is 6.29 Å². The van der Waals surface area contributed by atoms with E-state index in [0.29, 0.717) is 39.3 Å². The number of non-ortho nitro benzene ring substituents is 1. The topological polar surface area (TPSA) is 439 Å². The summed E-state index contributed by atoms with van der Waals surface area (Å²) in [6.45, 7) is 20.8. The number of halogens is 4. The van der Waals surface area contributed by atoms with Crippen LogP contribution in [0.3, 0.4) is 0 Å². The quantitative estimate of drug-likeness (QED) is 0.00709. The van der Waals surface area contributed by atoms with Gasteiger partial charge in [0.1, 0.15) is 52.1 Å². The number of nitrogens with two attached hydrogens (primary N) is 1. The van der Waals surface area contributed by atoms with E-state index in [2.05, 4.69) is 53.7 Å². The standard InChI is InChI=1S/C21H26FN3O3S.C16H18FN3OS.C12H20N2O2S.C12H16N2O2S.C8H8FN.C7H4ClNO4.C7H8N2S.C5H4OS.CH2O3.2CH4O.Na/c1-21(2,3)28-20(27)24(4)18(15-7-8-29-13-15)10-23-19(26)25-11-14-5-6-17(22)9-16(14)12-25;1-18-15(12-4-5-22-10-12)7-19-16(21)20-8-11-2-3-14(17)6-13(11)9-20;2*1-12(2,3)16-11(15)14(4)10(7-13)9-5-6-17-8-9;9-8-2-1-6-4-10-5-7(6)3-8;8-7(10)13-6-3-1-5(2-4-6)9(11)12;1-9-7(4-8)6-2-3-10-5-6;6-3-5-1-2-7-4-5;2-1-4-3;2*1-2;/h5-9,13,18H,10-12H2,1-4H3,(H,23,26);2-6,10,15,18H,7-9H2,1H3,(H,19,21);5-6,8,10H,7,13H2,1-4H3;5-6,8,10H,1-4H3;1-3,10H,4-5H2;1-4H;2-3,5,7,9H,1H3;1-4H;1,3H;2*2H,1H3;/q;;;;;;;;;;;+1/p-1. The van der Waals surface area contributed by atoms with Gasteiger partial charge in [-0.25, -0.2) is 41.9 Å². The Bertz CT molecular complexity index is 5210. The Morgan fingerprint density at radius 3 is 1.29 bits per heavy atom. The number of fused-ring (bicyclic) bond motifs is 3. The van der Waals surface area contributed by atoms with Crippen LogP contribution in [0.2, 0.25) is 0 Å². The molecular formula is C91H113ClF3N14NaO18S6. The van der Waals surface area contributed by atoms with Gasteiger partial charge in [-0.05, 0) is 282 Å². The number of nitro groups is 1. The summed E-state index contributed by atoms with van der Waals surface area (Å²) < 4.78 is 59.6. The van der Waals surface area contributed by atoms with Crippen LogP contribution < -0.4 is 71.9 Å². The van der Waals surface area contributed by atoms with Crippen molar-refractivity contribution in [2.45, 2.75) is 149 Å². The molecule has 0 fully saturated rings. The second-order valence-electron chi connectivity index (χ2n) is 30.9. The van der Waals surface area contributed by atoms with Gasteiger partial charge < -0.3 is 91.2 Å². The molecule has 13 rings (SSSR count). The number of aldehydes is 1. The van der Waals surface area contributed by atoms with E-state index in [4.69, 9.17) is 62.3 Å². The van der Waals surface area contributed by atoms with Crippen LogP contribution in [0.1, 0.15) is 164 Å². The second-order valence-corrected chi connectivity index (χ2v) is 35.9. The predicted molar refractivity (Wildman–Crippen MR) is 509 cm³/mol. The Morgan fingerprint density at radius 2 is 0.925 bits per heavy atom. The van der Waals surface area contributed by atoms with Gasteiger partial charge in [0.05, 0.1) is 35.2 Å². The number of nitro benzene ring substituents is 1. The molecule has 0 saturated heterocycles. The molecule has 3 aliphatic rings. The largest absolute Gasteiger partial charge is 1.00 e. The first-order chi connectivity index (χ1) is 63.2. The van der Waals surface area contributed by atoms with E-state index in [1.807, 2.05) is 144 Å². The number of carbonyl (C=O) groups is 8. The molecule has 10 aromatic rings. The summed E-state index contributed by atoms with van der Waals surface area (Å²) in [7, 11) is 10.6. The van der Waals surface area contributed by atoms with Crippen LogP contribution in [0.4, 0.5) is 47.6 Å². The number of thiophene rings is 6. The maximum Gasteiger partial charge on any atom is 1.00 e. The summed E-state index contributed by atoms with van der Waals surface area (Å²) in [6.07, 6.45) is -0.447. The average Bonchev–Trinajstić information content (AvgIpc) is 1.68. The number of urea groups is 2. The van der Waals surface area contributed by atoms with Crippen molar-refractivity contribution in [1.82, 2.24) is 51.1 Å². The number of benzene rings is 4. The summed E-state index contributed by atoms with van der Waals surface area (Å²) in [5.74, 6) is -0.524. The Labute approximate surface area is 829 Å². The van der Waals surface area contributed by atoms with E-state index in [1.165, 1.54) is 110 Å². The van der Waals surface area contributed by atoms with Crippen LogP contribution in [0.5, 0.6) is 5.75 Å². The minimum atomic E-state index is -0.978. The van der Waals surface area contributed by atoms with Gasteiger partial charge in [-0.2, -0.15) is 78.5 Å². The van der Waals surface area contributed by atoms with Crippen molar-refractivity contribution >= 4 is 134 Å². The Balaban J connectivity index is 0.000000527. The number of likely N-dealkylation sites (N-methyl/N-ethyl adjacent to an activating group) is 3. The number of nitrogens with one attached hydrogen (secondary N) is 5. The minimum absolute atomic E-state index is 0. The van der Waals surface area contributed by atoms with Crippen LogP contribution in [-0.2, 0) is 63.2 Å². The monoisotopic (exact) mass is 2000 g/mol. The molecule has 9 N–H and O–H groups in total. The van der Waals surface area contributed by atoms with E-state index in [0.717, 1.165) is 89.2 Å².